The molecule has 1 atom stereocenters. The first-order chi connectivity index (χ1) is 14.9. The van der Waals surface area contributed by atoms with Crippen LogP contribution < -0.4 is 5.32 Å². The van der Waals surface area contributed by atoms with Crippen LogP contribution in [0.15, 0.2) is 37.2 Å². The lowest BCUT2D eigenvalue weighted by Gasteiger charge is -2.48. The predicted octanol–water partition coefficient (Wildman–Crippen LogP) is 2.46. The lowest BCUT2D eigenvalue weighted by molar-refractivity contribution is -0.121. The van der Waals surface area contributed by atoms with Gasteiger partial charge in [0.25, 0.3) is 0 Å². The highest BCUT2D eigenvalue weighted by Gasteiger charge is 2.42. The minimum absolute atomic E-state index is 0.191. The van der Waals surface area contributed by atoms with Crippen LogP contribution in [0.4, 0.5) is 5.82 Å². The zero-order valence-electron chi connectivity index (χ0n) is 18.1. The third kappa shape index (κ3) is 4.79. The number of carbonyl (C=O) groups is 1. The van der Waals surface area contributed by atoms with Crippen LogP contribution in [-0.2, 0) is 4.79 Å². The van der Waals surface area contributed by atoms with Gasteiger partial charge < -0.3 is 15.5 Å². The van der Waals surface area contributed by atoms with E-state index in [0.717, 1.165) is 42.4 Å². The van der Waals surface area contributed by atoms with Gasteiger partial charge in [-0.05, 0) is 50.7 Å². The number of nitrogens with zero attached hydrogens (tertiary/aromatic N) is 3. The van der Waals surface area contributed by atoms with E-state index >= 15 is 0 Å². The number of aliphatic hydroxyl groups is 2. The predicted molar refractivity (Wildman–Crippen MR) is 121 cm³/mol. The molecule has 1 aliphatic carbocycles. The van der Waals surface area contributed by atoms with E-state index in [1.165, 1.54) is 12.4 Å². The lowest BCUT2D eigenvalue weighted by atomic mass is 9.77. The summed E-state index contributed by atoms with van der Waals surface area (Å²) in [5.74, 6) is 1.28. The molecule has 1 saturated carbocycles. The number of fused-ring (bicyclic) bond motifs is 1. The minimum atomic E-state index is -1.03. The highest BCUT2D eigenvalue weighted by Crippen LogP contribution is 2.36. The summed E-state index contributed by atoms with van der Waals surface area (Å²) in [6.07, 6.45) is 5.55. The molecule has 0 amide bonds. The van der Waals surface area contributed by atoms with Crippen molar-refractivity contribution in [3.63, 3.8) is 0 Å². The van der Waals surface area contributed by atoms with Gasteiger partial charge >= 0.3 is 0 Å². The molecular weight excluding hydrogens is 392 g/mol. The zero-order valence-corrected chi connectivity index (χ0v) is 18.1. The van der Waals surface area contributed by atoms with Crippen molar-refractivity contribution in [3.05, 3.63) is 42.7 Å². The number of benzene rings is 1. The average molecular weight is 425 g/mol. The fourth-order valence-electron chi connectivity index (χ4n) is 4.91. The van der Waals surface area contributed by atoms with Gasteiger partial charge in [-0.2, -0.15) is 0 Å². The van der Waals surface area contributed by atoms with Crippen LogP contribution in [0.3, 0.4) is 0 Å². The van der Waals surface area contributed by atoms with E-state index in [2.05, 4.69) is 26.8 Å². The Morgan fingerprint density at radius 3 is 2.81 bits per heavy atom. The molecule has 1 aliphatic heterocycles. The largest absolute Gasteiger partial charge is 0.387 e. The van der Waals surface area contributed by atoms with Crippen LogP contribution in [0.1, 0.15) is 37.7 Å². The Balaban J connectivity index is 1.22. The molecule has 0 spiro atoms. The first kappa shape index (κ1) is 21.9. The maximum atomic E-state index is 12.5. The van der Waals surface area contributed by atoms with Crippen LogP contribution in [0.25, 0.3) is 10.9 Å². The lowest BCUT2D eigenvalue weighted by Crippen LogP contribution is -2.56. The molecule has 1 unspecified atom stereocenters. The second-order valence-electron chi connectivity index (χ2n) is 9.17. The number of Topliss-reactive ketones (excluding diaryl/α,β-unsaturated/α-hetero) is 1. The summed E-state index contributed by atoms with van der Waals surface area (Å²) in [5, 5.41) is 24.6. The fourth-order valence-corrected chi connectivity index (χ4v) is 4.91. The van der Waals surface area contributed by atoms with Crippen molar-refractivity contribution in [2.24, 2.45) is 5.92 Å². The maximum Gasteiger partial charge on any atom is 0.152 e. The van der Waals surface area contributed by atoms with Gasteiger partial charge in [-0.1, -0.05) is 17.7 Å². The fraction of sp³-hybridized carbons (Fsp3) is 0.542. The van der Waals surface area contributed by atoms with Crippen LogP contribution in [0, 0.1) is 12.8 Å². The molecule has 0 bridgehead atoms. The van der Waals surface area contributed by atoms with Crippen molar-refractivity contribution in [2.45, 2.75) is 56.8 Å². The van der Waals surface area contributed by atoms with Crippen LogP contribution in [-0.4, -0.2) is 68.2 Å². The molecule has 166 valence electrons. The van der Waals surface area contributed by atoms with Crippen molar-refractivity contribution in [2.75, 3.05) is 25.0 Å². The van der Waals surface area contributed by atoms with Crippen molar-refractivity contribution in [1.29, 1.82) is 0 Å². The van der Waals surface area contributed by atoms with E-state index in [0.29, 0.717) is 37.0 Å². The highest BCUT2D eigenvalue weighted by molar-refractivity contribution is 5.91. The number of aryl methyl sites for hydroxylation is 1. The smallest absolute Gasteiger partial charge is 0.152 e. The summed E-state index contributed by atoms with van der Waals surface area (Å²) in [7, 11) is 0. The third-order valence-electron chi connectivity index (χ3n) is 6.86. The van der Waals surface area contributed by atoms with Crippen molar-refractivity contribution in [3.8, 4) is 0 Å². The minimum Gasteiger partial charge on any atom is -0.387 e. The molecule has 7 nitrogen and oxygen atoms in total. The number of ketones is 1. The van der Waals surface area contributed by atoms with Gasteiger partial charge in [0.2, 0.25) is 0 Å². The van der Waals surface area contributed by atoms with Crippen LogP contribution in [0.2, 0.25) is 0 Å². The normalized spacial score (nSPS) is 25.7. The molecule has 2 fully saturated rings. The topological polar surface area (TPSA) is 98.6 Å². The second kappa shape index (κ2) is 9.02. The van der Waals surface area contributed by atoms with E-state index in [-0.39, 0.29) is 12.3 Å². The first-order valence-corrected chi connectivity index (χ1v) is 11.1. The van der Waals surface area contributed by atoms with Gasteiger partial charge in [-0.15, -0.1) is 6.58 Å². The average Bonchev–Trinajstić information content (AvgIpc) is 2.74. The van der Waals surface area contributed by atoms with Gasteiger partial charge in [0.15, 0.2) is 5.78 Å². The van der Waals surface area contributed by atoms with E-state index in [1.807, 2.05) is 25.1 Å². The summed E-state index contributed by atoms with van der Waals surface area (Å²) in [5.41, 5.74) is 0.963. The van der Waals surface area contributed by atoms with Crippen LogP contribution in [0.5, 0.6) is 0 Å². The van der Waals surface area contributed by atoms with Gasteiger partial charge in [0, 0.05) is 30.9 Å². The number of anilines is 1. The molecule has 4 rings (SSSR count). The maximum absolute atomic E-state index is 12.5. The van der Waals surface area contributed by atoms with Crippen molar-refractivity contribution in [1.82, 2.24) is 14.9 Å². The van der Waals surface area contributed by atoms with Gasteiger partial charge in [0.1, 0.15) is 18.2 Å². The van der Waals surface area contributed by atoms with Gasteiger partial charge in [-0.25, -0.2) is 9.97 Å². The standard InChI is InChI=1S/C24H32N4O3/c1-3-22(30)24(31)8-6-18(7-9-24)28-13-17(14-28)11-19(29)12-25-23-20-10-16(2)4-5-21(20)26-15-27-23/h3-5,10,15,17-18,22,30-31H,1,6-9,11-14H2,2H3,(H,25,26,27). The Morgan fingerprint density at radius 2 is 2.10 bits per heavy atom. The molecule has 0 radical (unpaired) electrons. The summed E-state index contributed by atoms with van der Waals surface area (Å²) in [6.45, 7) is 7.73. The molecule has 2 aliphatic rings. The van der Waals surface area contributed by atoms with Gasteiger partial charge in [-0.3, -0.25) is 9.69 Å². The monoisotopic (exact) mass is 424 g/mol. The van der Waals surface area contributed by atoms with Gasteiger partial charge in [0.05, 0.1) is 17.7 Å². The third-order valence-corrected chi connectivity index (χ3v) is 6.86. The molecule has 7 heteroatoms. The Hall–Kier alpha value is -2.35. The Bertz CT molecular complexity index is 949. The molecular formula is C24H32N4O3. The number of nitrogens with one attached hydrogen (secondary N) is 1. The molecule has 1 saturated heterocycles. The number of likely N-dealkylation sites (tertiary alicyclic amines) is 1. The van der Waals surface area contributed by atoms with E-state index in [4.69, 9.17) is 0 Å². The second-order valence-corrected chi connectivity index (χ2v) is 9.17. The molecule has 31 heavy (non-hydrogen) atoms. The molecule has 2 aromatic rings. The van der Waals surface area contributed by atoms with Crippen molar-refractivity contribution >= 4 is 22.5 Å². The summed E-state index contributed by atoms with van der Waals surface area (Å²) in [6, 6.07) is 6.44. The first-order valence-electron chi connectivity index (χ1n) is 11.1. The van der Waals surface area contributed by atoms with E-state index in [9.17, 15) is 15.0 Å². The molecule has 1 aromatic carbocycles. The number of rotatable bonds is 8. The summed E-state index contributed by atoms with van der Waals surface area (Å²) in [4.78, 5) is 23.5. The molecule has 2 heterocycles. The number of hydrogen-bond acceptors (Lipinski definition) is 7. The highest BCUT2D eigenvalue weighted by atomic mass is 16.3. The van der Waals surface area contributed by atoms with E-state index in [1.54, 1.807) is 0 Å². The molecule has 3 N–H and O–H groups in total. The van der Waals surface area contributed by atoms with Crippen LogP contribution >= 0.6 is 0 Å². The Labute approximate surface area is 183 Å². The molecule has 1 aromatic heterocycles. The van der Waals surface area contributed by atoms with E-state index < -0.39 is 11.7 Å². The quantitative estimate of drug-likeness (QED) is 0.560. The summed E-state index contributed by atoms with van der Waals surface area (Å²) >= 11 is 0. The SMILES string of the molecule is C=CC(O)C1(O)CCC(N2CC(CC(=O)CNc3ncnc4ccc(C)cc34)C2)CC1. The Morgan fingerprint density at radius 1 is 1.35 bits per heavy atom. The zero-order chi connectivity index (χ0) is 22.0. The number of aromatic nitrogens is 2. The number of hydrogen-bond donors (Lipinski definition) is 3. The number of aliphatic hydroxyl groups excluding tert-OH is 1. The Kier molecular flexibility index (Phi) is 6.36. The summed E-state index contributed by atoms with van der Waals surface area (Å²) < 4.78 is 0. The van der Waals surface area contributed by atoms with Crippen molar-refractivity contribution < 1.29 is 15.0 Å². The number of carbonyl (C=O) groups excluding carboxylic acids is 1.